The maximum atomic E-state index is 13.9. The van der Waals surface area contributed by atoms with E-state index in [0.717, 1.165) is 11.1 Å². The summed E-state index contributed by atoms with van der Waals surface area (Å²) in [4.78, 5) is 11.2. The van der Waals surface area contributed by atoms with Crippen LogP contribution in [-0.2, 0) is 4.79 Å². The summed E-state index contributed by atoms with van der Waals surface area (Å²) in [6, 6.07) is 7.93. The van der Waals surface area contributed by atoms with Crippen LogP contribution in [-0.4, -0.2) is 5.97 Å². The first-order valence-electron chi connectivity index (χ1n) is 6.39. The number of rotatable bonds is 3. The first kappa shape index (κ1) is 15.3. The Bertz CT molecular complexity index is 681. The summed E-state index contributed by atoms with van der Waals surface area (Å²) >= 11 is 6.00. The molecule has 5 heteroatoms. The van der Waals surface area contributed by atoms with Crippen LogP contribution in [0, 0.1) is 19.7 Å². The highest BCUT2D eigenvalue weighted by atomic mass is 35.5. The second-order valence-corrected chi connectivity index (χ2v) is 5.16. The van der Waals surface area contributed by atoms with Crippen molar-refractivity contribution in [2.75, 3.05) is 5.32 Å². The van der Waals surface area contributed by atoms with Crippen molar-refractivity contribution in [2.45, 2.75) is 20.8 Å². The number of nitrogens with one attached hydrogen (secondary N) is 1. The summed E-state index contributed by atoms with van der Waals surface area (Å²) in [5.74, 6) is -0.583. The van der Waals surface area contributed by atoms with Gasteiger partial charge in [-0.25, -0.2) is 4.39 Å². The van der Waals surface area contributed by atoms with Crippen LogP contribution in [0.15, 0.2) is 30.3 Å². The quantitative estimate of drug-likeness (QED) is 0.656. The van der Waals surface area contributed by atoms with Crippen LogP contribution in [0.4, 0.5) is 15.8 Å². The highest BCUT2D eigenvalue weighted by Gasteiger charge is 2.13. The van der Waals surface area contributed by atoms with Crippen molar-refractivity contribution in [1.82, 2.24) is 0 Å². The van der Waals surface area contributed by atoms with Gasteiger partial charge in [-0.1, -0.05) is 17.7 Å². The van der Waals surface area contributed by atoms with E-state index in [0.29, 0.717) is 11.4 Å². The van der Waals surface area contributed by atoms with Gasteiger partial charge in [0.15, 0.2) is 5.75 Å². The minimum absolute atomic E-state index is 0.149. The molecule has 0 bridgehead atoms. The molecular weight excluding hydrogens is 293 g/mol. The van der Waals surface area contributed by atoms with Gasteiger partial charge in [-0.2, -0.15) is 0 Å². The lowest BCUT2D eigenvalue weighted by Gasteiger charge is -2.15. The fourth-order valence-electron chi connectivity index (χ4n) is 1.88. The van der Waals surface area contributed by atoms with Crippen LogP contribution in [0.25, 0.3) is 0 Å². The number of aryl methyl sites for hydroxylation is 2. The van der Waals surface area contributed by atoms with Gasteiger partial charge in [-0.15, -0.1) is 0 Å². The van der Waals surface area contributed by atoms with Gasteiger partial charge in [0.2, 0.25) is 0 Å². The first-order chi connectivity index (χ1) is 9.88. The zero-order valence-electron chi connectivity index (χ0n) is 12.0. The van der Waals surface area contributed by atoms with Gasteiger partial charge in [0.05, 0.1) is 16.4 Å². The molecule has 110 valence electrons. The van der Waals surface area contributed by atoms with E-state index in [1.807, 2.05) is 13.8 Å². The third-order valence-electron chi connectivity index (χ3n) is 3.07. The molecule has 0 radical (unpaired) electrons. The molecule has 0 fully saturated rings. The van der Waals surface area contributed by atoms with Crippen LogP contribution in [0.2, 0.25) is 5.02 Å². The Morgan fingerprint density at radius 2 is 1.90 bits per heavy atom. The molecule has 0 atom stereocenters. The van der Waals surface area contributed by atoms with Crippen molar-refractivity contribution in [3.05, 3.63) is 52.3 Å². The Labute approximate surface area is 127 Å². The second-order valence-electron chi connectivity index (χ2n) is 4.75. The Kier molecular flexibility index (Phi) is 4.48. The minimum atomic E-state index is -0.477. The highest BCUT2D eigenvalue weighted by molar-refractivity contribution is 6.33. The molecule has 0 aliphatic heterocycles. The van der Waals surface area contributed by atoms with E-state index < -0.39 is 11.8 Å². The molecule has 2 aromatic rings. The van der Waals surface area contributed by atoms with E-state index in [9.17, 15) is 9.18 Å². The number of anilines is 2. The summed E-state index contributed by atoms with van der Waals surface area (Å²) < 4.78 is 19.0. The summed E-state index contributed by atoms with van der Waals surface area (Å²) in [6.07, 6.45) is 0. The summed E-state index contributed by atoms with van der Waals surface area (Å²) in [7, 11) is 0. The van der Waals surface area contributed by atoms with Crippen molar-refractivity contribution in [1.29, 1.82) is 0 Å². The predicted molar refractivity (Wildman–Crippen MR) is 81.9 cm³/mol. The predicted octanol–water partition coefficient (Wildman–Crippen LogP) is 4.76. The van der Waals surface area contributed by atoms with Crippen LogP contribution >= 0.6 is 11.6 Å². The van der Waals surface area contributed by atoms with Crippen molar-refractivity contribution >= 4 is 28.9 Å². The molecule has 1 N–H and O–H groups in total. The fraction of sp³-hybridized carbons (Fsp3) is 0.188. The van der Waals surface area contributed by atoms with Crippen LogP contribution in [0.3, 0.4) is 0 Å². The van der Waals surface area contributed by atoms with Gasteiger partial charge < -0.3 is 10.1 Å². The number of para-hydroxylation sites is 1. The maximum absolute atomic E-state index is 13.9. The Morgan fingerprint density at radius 1 is 1.24 bits per heavy atom. The molecule has 0 saturated heterocycles. The van der Waals surface area contributed by atoms with Crippen molar-refractivity contribution < 1.29 is 13.9 Å². The summed E-state index contributed by atoms with van der Waals surface area (Å²) in [5.41, 5.74) is 2.59. The molecular formula is C16H15ClFNO2. The Hall–Kier alpha value is -2.07. The van der Waals surface area contributed by atoms with E-state index in [1.54, 1.807) is 18.2 Å². The topological polar surface area (TPSA) is 38.3 Å². The lowest BCUT2D eigenvalue weighted by Crippen LogP contribution is -2.05. The number of ether oxygens (including phenoxy) is 1. The smallest absolute Gasteiger partial charge is 0.308 e. The average Bonchev–Trinajstić information content (AvgIpc) is 2.39. The summed E-state index contributed by atoms with van der Waals surface area (Å²) in [5, 5.41) is 3.15. The van der Waals surface area contributed by atoms with E-state index in [1.165, 1.54) is 19.1 Å². The zero-order chi connectivity index (χ0) is 15.6. The summed E-state index contributed by atoms with van der Waals surface area (Å²) in [6.45, 7) is 5.14. The largest absolute Gasteiger partial charge is 0.424 e. The van der Waals surface area contributed by atoms with Crippen LogP contribution in [0.5, 0.6) is 5.75 Å². The number of hydrogen-bond donors (Lipinski definition) is 1. The molecule has 0 aliphatic rings. The van der Waals surface area contributed by atoms with Gasteiger partial charge in [0.25, 0.3) is 0 Å². The molecule has 0 spiro atoms. The third kappa shape index (κ3) is 3.52. The molecule has 2 aromatic carbocycles. The van der Waals surface area contributed by atoms with Gasteiger partial charge in [-0.3, -0.25) is 4.79 Å². The molecule has 0 unspecified atom stereocenters. The lowest BCUT2D eigenvalue weighted by atomic mass is 10.1. The molecule has 0 heterocycles. The molecule has 0 aliphatic carbocycles. The maximum Gasteiger partial charge on any atom is 0.308 e. The second kappa shape index (κ2) is 6.14. The molecule has 21 heavy (non-hydrogen) atoms. The molecule has 3 nitrogen and oxygen atoms in total. The number of hydrogen-bond acceptors (Lipinski definition) is 3. The minimum Gasteiger partial charge on any atom is -0.424 e. The Morgan fingerprint density at radius 3 is 2.52 bits per heavy atom. The number of benzene rings is 2. The monoisotopic (exact) mass is 307 g/mol. The zero-order valence-corrected chi connectivity index (χ0v) is 12.7. The van der Waals surface area contributed by atoms with Gasteiger partial charge in [0.1, 0.15) is 5.82 Å². The average molecular weight is 308 g/mol. The molecule has 2 rings (SSSR count). The first-order valence-corrected chi connectivity index (χ1v) is 6.77. The number of esters is 1. The standard InChI is InChI=1S/C16H15ClFNO2/c1-9-7-14(15(8-10(9)2)21-11(3)20)19-16-12(17)5-4-6-13(16)18/h4-8,19H,1-3H3. The van der Waals surface area contributed by atoms with E-state index in [-0.39, 0.29) is 10.7 Å². The van der Waals surface area contributed by atoms with Crippen LogP contribution < -0.4 is 10.1 Å². The van der Waals surface area contributed by atoms with Gasteiger partial charge in [0, 0.05) is 6.92 Å². The molecule has 0 amide bonds. The molecule has 0 saturated carbocycles. The third-order valence-corrected chi connectivity index (χ3v) is 3.39. The number of halogens is 2. The van der Waals surface area contributed by atoms with Gasteiger partial charge in [-0.05, 0) is 49.2 Å². The molecule has 0 aromatic heterocycles. The van der Waals surface area contributed by atoms with Crippen LogP contribution in [0.1, 0.15) is 18.1 Å². The van der Waals surface area contributed by atoms with Gasteiger partial charge >= 0.3 is 5.97 Å². The fourth-order valence-corrected chi connectivity index (χ4v) is 2.09. The van der Waals surface area contributed by atoms with E-state index in [2.05, 4.69) is 5.32 Å². The highest BCUT2D eigenvalue weighted by Crippen LogP contribution is 2.34. The van der Waals surface area contributed by atoms with Crippen molar-refractivity contribution in [2.24, 2.45) is 0 Å². The SMILES string of the molecule is CC(=O)Oc1cc(C)c(C)cc1Nc1c(F)cccc1Cl. The Balaban J connectivity index is 2.47. The van der Waals surface area contributed by atoms with E-state index in [4.69, 9.17) is 16.3 Å². The number of carbonyl (C=O) groups is 1. The normalized spacial score (nSPS) is 10.3. The van der Waals surface area contributed by atoms with E-state index >= 15 is 0 Å². The van der Waals surface area contributed by atoms with Crippen molar-refractivity contribution in [3.63, 3.8) is 0 Å². The lowest BCUT2D eigenvalue weighted by molar-refractivity contribution is -0.131. The number of carbonyl (C=O) groups excluding carboxylic acids is 1. The van der Waals surface area contributed by atoms with Crippen molar-refractivity contribution in [3.8, 4) is 5.75 Å².